The Balaban J connectivity index is 1.49. The third-order valence-electron chi connectivity index (χ3n) is 3.39. The maximum Gasteiger partial charge on any atom is 0.243 e. The van der Waals surface area contributed by atoms with Crippen LogP contribution < -0.4 is 16.0 Å². The van der Waals surface area contributed by atoms with Gasteiger partial charge in [0.2, 0.25) is 11.8 Å². The van der Waals surface area contributed by atoms with Crippen LogP contribution in [0.25, 0.3) is 0 Å². The highest BCUT2D eigenvalue weighted by Gasteiger charge is 2.24. The highest BCUT2D eigenvalue weighted by Crippen LogP contribution is 2.18. The van der Waals surface area contributed by atoms with Gasteiger partial charge in [-0.05, 0) is 12.8 Å². The number of morpholine rings is 1. The molecule has 1 aromatic rings. The molecule has 0 radical (unpaired) electrons. The highest BCUT2D eigenvalue weighted by atomic mass is 16.5. The van der Waals surface area contributed by atoms with Crippen LogP contribution in [0.1, 0.15) is 12.8 Å². The van der Waals surface area contributed by atoms with Crippen molar-refractivity contribution in [2.45, 2.75) is 31.5 Å². The molecule has 1 unspecified atom stereocenters. The Kier molecular flexibility index (Phi) is 4.16. The lowest BCUT2D eigenvalue weighted by molar-refractivity contribution is -0.122. The summed E-state index contributed by atoms with van der Waals surface area (Å²) in [4.78, 5) is 23.6. The maximum atomic E-state index is 12.0. The number of rotatable bonds is 5. The molecule has 21 heavy (non-hydrogen) atoms. The van der Waals surface area contributed by atoms with E-state index in [-0.39, 0.29) is 24.4 Å². The molecule has 8 nitrogen and oxygen atoms in total. The quantitative estimate of drug-likeness (QED) is 0.653. The van der Waals surface area contributed by atoms with Crippen molar-refractivity contribution >= 4 is 17.5 Å². The second-order valence-electron chi connectivity index (χ2n) is 5.34. The summed E-state index contributed by atoms with van der Waals surface area (Å²) in [6.07, 6.45) is 5.30. The Labute approximate surface area is 122 Å². The van der Waals surface area contributed by atoms with Gasteiger partial charge in [-0.15, -0.1) is 0 Å². The fourth-order valence-corrected chi connectivity index (χ4v) is 2.13. The number of hydrogen-bond donors (Lipinski definition) is 3. The lowest BCUT2D eigenvalue weighted by Gasteiger charge is -2.22. The maximum absolute atomic E-state index is 12.0. The van der Waals surface area contributed by atoms with Crippen LogP contribution in [0.4, 0.5) is 5.69 Å². The van der Waals surface area contributed by atoms with E-state index < -0.39 is 0 Å². The number of nitrogens with zero attached hydrogens (tertiary/aromatic N) is 2. The zero-order chi connectivity index (χ0) is 14.7. The van der Waals surface area contributed by atoms with E-state index in [2.05, 4.69) is 21.0 Å². The van der Waals surface area contributed by atoms with Gasteiger partial charge < -0.3 is 20.7 Å². The summed E-state index contributed by atoms with van der Waals surface area (Å²) in [5, 5.41) is 12.8. The fourth-order valence-electron chi connectivity index (χ4n) is 2.13. The Morgan fingerprint density at radius 3 is 3.05 bits per heavy atom. The van der Waals surface area contributed by atoms with Gasteiger partial charge >= 0.3 is 0 Å². The van der Waals surface area contributed by atoms with Crippen molar-refractivity contribution in [3.05, 3.63) is 12.4 Å². The molecule has 114 valence electrons. The second kappa shape index (κ2) is 6.23. The van der Waals surface area contributed by atoms with Crippen LogP contribution >= 0.6 is 0 Å². The standard InChI is InChI=1S/C13H19N5O3/c19-12(16-9-1-2-9)7-18-6-10(5-15-18)17-13(20)11-8-21-4-3-14-11/h5-6,9,11,14H,1-4,7-8H2,(H,16,19)(H,17,20). The number of hydrogen-bond acceptors (Lipinski definition) is 5. The number of amides is 2. The SMILES string of the molecule is O=C(Cn1cc(NC(=O)C2COCCN2)cn1)NC1CC1. The van der Waals surface area contributed by atoms with Crippen LogP contribution in [0.5, 0.6) is 0 Å². The molecule has 1 atom stereocenters. The van der Waals surface area contributed by atoms with Gasteiger partial charge in [0, 0.05) is 18.8 Å². The van der Waals surface area contributed by atoms with Crippen LogP contribution in [0.3, 0.4) is 0 Å². The average Bonchev–Trinajstić information content (AvgIpc) is 3.19. The Morgan fingerprint density at radius 1 is 1.48 bits per heavy atom. The Morgan fingerprint density at radius 2 is 2.33 bits per heavy atom. The summed E-state index contributed by atoms with van der Waals surface area (Å²) in [5.41, 5.74) is 0.576. The van der Waals surface area contributed by atoms with Gasteiger partial charge in [0.25, 0.3) is 0 Å². The number of nitrogens with one attached hydrogen (secondary N) is 3. The van der Waals surface area contributed by atoms with E-state index >= 15 is 0 Å². The van der Waals surface area contributed by atoms with Gasteiger partial charge in [0.1, 0.15) is 12.6 Å². The summed E-state index contributed by atoms with van der Waals surface area (Å²) >= 11 is 0. The smallest absolute Gasteiger partial charge is 0.243 e. The summed E-state index contributed by atoms with van der Waals surface area (Å²) < 4.78 is 6.76. The van der Waals surface area contributed by atoms with Gasteiger partial charge in [-0.1, -0.05) is 0 Å². The molecule has 0 spiro atoms. The first kappa shape index (κ1) is 14.0. The minimum atomic E-state index is -0.347. The summed E-state index contributed by atoms with van der Waals surface area (Å²) in [6, 6.07) is -0.00937. The van der Waals surface area contributed by atoms with E-state index in [9.17, 15) is 9.59 Å². The molecule has 3 rings (SSSR count). The minimum Gasteiger partial charge on any atom is -0.378 e. The molecule has 8 heteroatoms. The molecule has 1 saturated carbocycles. The summed E-state index contributed by atoms with van der Waals surface area (Å²) in [6.45, 7) is 1.82. The van der Waals surface area contributed by atoms with Crippen molar-refractivity contribution < 1.29 is 14.3 Å². The van der Waals surface area contributed by atoms with E-state index in [1.54, 1.807) is 6.20 Å². The first-order valence-corrected chi connectivity index (χ1v) is 7.14. The van der Waals surface area contributed by atoms with E-state index in [4.69, 9.17) is 4.74 Å². The molecule has 0 bridgehead atoms. The van der Waals surface area contributed by atoms with Crippen molar-refractivity contribution in [2.75, 3.05) is 25.1 Å². The monoisotopic (exact) mass is 293 g/mol. The predicted octanol–water partition coefficient (Wildman–Crippen LogP) is -0.911. The molecule has 2 aliphatic rings. The Bertz CT molecular complexity index is 520. The Hall–Kier alpha value is -1.93. The molecule has 1 aliphatic heterocycles. The van der Waals surface area contributed by atoms with Crippen LogP contribution in [-0.4, -0.2) is 53.4 Å². The van der Waals surface area contributed by atoms with E-state index in [1.807, 2.05) is 0 Å². The lowest BCUT2D eigenvalue weighted by atomic mass is 10.2. The predicted molar refractivity (Wildman–Crippen MR) is 74.6 cm³/mol. The summed E-state index contributed by atoms with van der Waals surface area (Å²) in [7, 11) is 0. The van der Waals surface area contributed by atoms with Gasteiger partial charge in [-0.2, -0.15) is 5.10 Å². The molecular formula is C13H19N5O3. The topological polar surface area (TPSA) is 97.3 Å². The third-order valence-corrected chi connectivity index (χ3v) is 3.39. The molecule has 0 aromatic carbocycles. The zero-order valence-electron chi connectivity index (χ0n) is 11.7. The fraction of sp³-hybridized carbons (Fsp3) is 0.615. The molecule has 3 N–H and O–H groups in total. The first-order valence-electron chi connectivity index (χ1n) is 7.14. The van der Waals surface area contributed by atoms with Crippen LogP contribution in [0.15, 0.2) is 12.4 Å². The average molecular weight is 293 g/mol. The molecule has 1 aromatic heterocycles. The number of aromatic nitrogens is 2. The lowest BCUT2D eigenvalue weighted by Crippen LogP contribution is -2.48. The minimum absolute atomic E-state index is 0.0548. The third kappa shape index (κ3) is 4.02. The zero-order valence-corrected chi connectivity index (χ0v) is 11.7. The van der Waals surface area contributed by atoms with Crippen LogP contribution in [0, 0.1) is 0 Å². The van der Waals surface area contributed by atoms with Gasteiger partial charge in [-0.3, -0.25) is 14.3 Å². The van der Waals surface area contributed by atoms with Crippen molar-refractivity contribution in [1.29, 1.82) is 0 Å². The molecule has 2 fully saturated rings. The summed E-state index contributed by atoms with van der Waals surface area (Å²) in [5.74, 6) is -0.211. The molecule has 2 heterocycles. The molecular weight excluding hydrogens is 274 g/mol. The number of ether oxygens (including phenoxy) is 1. The van der Waals surface area contributed by atoms with Gasteiger partial charge in [-0.25, -0.2) is 0 Å². The molecule has 1 saturated heterocycles. The molecule has 2 amide bonds. The van der Waals surface area contributed by atoms with Crippen molar-refractivity contribution in [3.8, 4) is 0 Å². The number of carbonyl (C=O) groups excluding carboxylic acids is 2. The first-order chi connectivity index (χ1) is 10.2. The highest BCUT2D eigenvalue weighted by molar-refractivity contribution is 5.94. The van der Waals surface area contributed by atoms with E-state index in [0.717, 1.165) is 12.8 Å². The largest absolute Gasteiger partial charge is 0.378 e. The van der Waals surface area contributed by atoms with Gasteiger partial charge in [0.05, 0.1) is 25.1 Å². The van der Waals surface area contributed by atoms with Crippen LogP contribution in [0.2, 0.25) is 0 Å². The van der Waals surface area contributed by atoms with Crippen molar-refractivity contribution in [1.82, 2.24) is 20.4 Å². The van der Waals surface area contributed by atoms with E-state index in [1.165, 1.54) is 10.9 Å². The van der Waals surface area contributed by atoms with Crippen molar-refractivity contribution in [2.24, 2.45) is 0 Å². The van der Waals surface area contributed by atoms with E-state index in [0.29, 0.717) is 31.5 Å². The number of carbonyl (C=O) groups is 2. The second-order valence-corrected chi connectivity index (χ2v) is 5.34. The molecule has 1 aliphatic carbocycles. The van der Waals surface area contributed by atoms with Gasteiger partial charge in [0.15, 0.2) is 0 Å². The number of anilines is 1. The van der Waals surface area contributed by atoms with Crippen LogP contribution in [-0.2, 0) is 20.9 Å². The van der Waals surface area contributed by atoms with Crippen molar-refractivity contribution in [3.63, 3.8) is 0 Å². The normalized spacial score (nSPS) is 21.8.